The fraction of sp³-hybridized carbons (Fsp3) is 0.333. The summed E-state index contributed by atoms with van der Waals surface area (Å²) >= 11 is 0. The molecule has 1 atom stereocenters. The van der Waals surface area contributed by atoms with Crippen molar-refractivity contribution in [3.05, 3.63) is 59.7 Å². The summed E-state index contributed by atoms with van der Waals surface area (Å²) in [5.41, 5.74) is 14.4. The molecule has 0 heterocycles. The van der Waals surface area contributed by atoms with Gasteiger partial charge in [-0.15, -0.1) is 0 Å². The SMILES string of the molecule is NCCCC[C@](N)(C=O)C(=O)OCC1c2ccccc2-c2ccccc21. The third kappa shape index (κ3) is 3.41. The Bertz CT molecular complexity index is 760. The van der Waals surface area contributed by atoms with Gasteiger partial charge in [0.05, 0.1) is 0 Å². The van der Waals surface area contributed by atoms with Gasteiger partial charge >= 0.3 is 5.97 Å². The Morgan fingerprint density at radius 3 is 2.15 bits per heavy atom. The normalized spacial score (nSPS) is 15.0. The van der Waals surface area contributed by atoms with E-state index in [1.54, 1.807) is 0 Å². The summed E-state index contributed by atoms with van der Waals surface area (Å²) in [6.07, 6.45) is 2.05. The molecule has 2 aromatic rings. The van der Waals surface area contributed by atoms with Gasteiger partial charge in [-0.1, -0.05) is 48.5 Å². The van der Waals surface area contributed by atoms with E-state index in [1.807, 2.05) is 36.4 Å². The Hall–Kier alpha value is -2.50. The van der Waals surface area contributed by atoms with Gasteiger partial charge in [-0.3, -0.25) is 0 Å². The lowest BCUT2D eigenvalue weighted by molar-refractivity contribution is -0.152. The maximum Gasteiger partial charge on any atom is 0.333 e. The van der Waals surface area contributed by atoms with Crippen LogP contribution < -0.4 is 11.5 Å². The smallest absolute Gasteiger partial charge is 0.333 e. The number of hydrogen-bond donors (Lipinski definition) is 2. The van der Waals surface area contributed by atoms with Gasteiger partial charge in [-0.25, -0.2) is 4.79 Å². The molecule has 0 aliphatic heterocycles. The van der Waals surface area contributed by atoms with E-state index in [9.17, 15) is 9.59 Å². The molecule has 0 aromatic heterocycles. The molecule has 0 radical (unpaired) electrons. The van der Waals surface area contributed by atoms with E-state index in [1.165, 1.54) is 0 Å². The molecule has 1 aliphatic carbocycles. The number of hydrogen-bond acceptors (Lipinski definition) is 5. The first kappa shape index (κ1) is 18.3. The fourth-order valence-electron chi connectivity index (χ4n) is 3.50. The number of benzene rings is 2. The van der Waals surface area contributed by atoms with Crippen LogP contribution in [0.1, 0.15) is 36.3 Å². The molecule has 4 N–H and O–H groups in total. The maximum absolute atomic E-state index is 12.5. The quantitative estimate of drug-likeness (QED) is 0.329. The molecule has 0 saturated heterocycles. The standard InChI is InChI=1S/C21H24N2O3/c22-12-6-5-11-21(23,14-24)20(25)26-13-19-17-9-3-1-7-15(17)16-8-2-4-10-18(16)19/h1-4,7-10,14,19H,5-6,11-13,22-23H2/t21-/m0/s1. The van der Waals surface area contributed by atoms with Crippen molar-refractivity contribution in [2.45, 2.75) is 30.7 Å². The lowest BCUT2D eigenvalue weighted by Crippen LogP contribution is -2.51. The number of carbonyl (C=O) groups is 2. The molecule has 136 valence electrons. The van der Waals surface area contributed by atoms with Crippen molar-refractivity contribution in [3.8, 4) is 11.1 Å². The van der Waals surface area contributed by atoms with E-state index in [0.717, 1.165) is 22.3 Å². The molecule has 5 heteroatoms. The molecule has 0 amide bonds. The molecule has 0 bridgehead atoms. The Balaban J connectivity index is 1.75. The van der Waals surface area contributed by atoms with E-state index in [-0.39, 0.29) is 18.9 Å². The van der Waals surface area contributed by atoms with Crippen molar-refractivity contribution in [1.82, 2.24) is 0 Å². The van der Waals surface area contributed by atoms with Gasteiger partial charge in [0, 0.05) is 5.92 Å². The zero-order valence-electron chi connectivity index (χ0n) is 14.7. The summed E-state index contributed by atoms with van der Waals surface area (Å²) in [5.74, 6) is -0.724. The summed E-state index contributed by atoms with van der Waals surface area (Å²) < 4.78 is 5.50. The van der Waals surface area contributed by atoms with Crippen LogP contribution in [0.3, 0.4) is 0 Å². The number of aldehydes is 1. The van der Waals surface area contributed by atoms with Crippen LogP contribution in [0.5, 0.6) is 0 Å². The van der Waals surface area contributed by atoms with E-state index in [2.05, 4.69) is 12.1 Å². The number of carbonyl (C=O) groups excluding carboxylic acids is 2. The number of unbranched alkanes of at least 4 members (excludes halogenated alkanes) is 1. The van der Waals surface area contributed by atoms with Crippen LogP contribution in [0.15, 0.2) is 48.5 Å². The van der Waals surface area contributed by atoms with E-state index in [0.29, 0.717) is 25.7 Å². The molecular weight excluding hydrogens is 328 g/mol. The first-order chi connectivity index (χ1) is 12.6. The van der Waals surface area contributed by atoms with Crippen LogP contribution in [0.25, 0.3) is 11.1 Å². The summed E-state index contributed by atoms with van der Waals surface area (Å²) in [6, 6.07) is 16.2. The minimum atomic E-state index is -1.60. The van der Waals surface area contributed by atoms with Crippen LogP contribution in [-0.2, 0) is 14.3 Å². The number of rotatable bonds is 8. The third-order valence-electron chi connectivity index (χ3n) is 4.98. The molecule has 0 unspecified atom stereocenters. The number of ether oxygens (including phenoxy) is 1. The minimum absolute atomic E-state index is 0.0497. The first-order valence-electron chi connectivity index (χ1n) is 8.91. The van der Waals surface area contributed by atoms with Crippen molar-refractivity contribution >= 4 is 12.3 Å². The van der Waals surface area contributed by atoms with Crippen LogP contribution in [0.2, 0.25) is 0 Å². The molecule has 0 fully saturated rings. The van der Waals surface area contributed by atoms with Crippen LogP contribution >= 0.6 is 0 Å². The van der Waals surface area contributed by atoms with Gasteiger partial charge in [0.25, 0.3) is 0 Å². The average molecular weight is 352 g/mol. The van der Waals surface area contributed by atoms with Crippen molar-refractivity contribution in [2.24, 2.45) is 11.5 Å². The molecule has 2 aromatic carbocycles. The average Bonchev–Trinajstić information content (AvgIpc) is 3.00. The van der Waals surface area contributed by atoms with Crippen molar-refractivity contribution < 1.29 is 14.3 Å². The summed E-state index contributed by atoms with van der Waals surface area (Å²) in [4.78, 5) is 23.9. The van der Waals surface area contributed by atoms with Gasteiger partial charge in [0.1, 0.15) is 6.61 Å². The zero-order valence-corrected chi connectivity index (χ0v) is 14.7. The molecule has 5 nitrogen and oxygen atoms in total. The zero-order chi connectivity index (χ0) is 18.6. The second-order valence-corrected chi connectivity index (χ2v) is 6.73. The Morgan fingerprint density at radius 1 is 1.04 bits per heavy atom. The number of esters is 1. The summed E-state index contributed by atoms with van der Waals surface area (Å²) in [5, 5.41) is 0. The highest BCUT2D eigenvalue weighted by molar-refractivity contribution is 5.98. The number of nitrogens with two attached hydrogens (primary N) is 2. The van der Waals surface area contributed by atoms with Gasteiger partial charge in [-0.05, 0) is 48.1 Å². The monoisotopic (exact) mass is 352 g/mol. The summed E-state index contributed by atoms with van der Waals surface area (Å²) in [7, 11) is 0. The van der Waals surface area contributed by atoms with Gasteiger partial charge in [-0.2, -0.15) is 0 Å². The molecule has 26 heavy (non-hydrogen) atoms. The van der Waals surface area contributed by atoms with E-state index < -0.39 is 11.5 Å². The number of fused-ring (bicyclic) bond motifs is 3. The highest BCUT2D eigenvalue weighted by atomic mass is 16.5. The predicted octanol–water partition coefficient (Wildman–Crippen LogP) is 2.37. The Labute approximate surface area is 153 Å². The Morgan fingerprint density at radius 2 is 1.62 bits per heavy atom. The van der Waals surface area contributed by atoms with Crippen molar-refractivity contribution in [1.29, 1.82) is 0 Å². The first-order valence-corrected chi connectivity index (χ1v) is 8.91. The van der Waals surface area contributed by atoms with Crippen molar-refractivity contribution in [2.75, 3.05) is 13.2 Å². The molecule has 0 saturated carbocycles. The fourth-order valence-corrected chi connectivity index (χ4v) is 3.50. The lowest BCUT2D eigenvalue weighted by Gasteiger charge is -2.22. The molecule has 1 aliphatic rings. The van der Waals surface area contributed by atoms with E-state index >= 15 is 0 Å². The molecule has 0 spiro atoms. The Kier molecular flexibility index (Phi) is 5.49. The maximum atomic E-state index is 12.5. The van der Waals surface area contributed by atoms with E-state index in [4.69, 9.17) is 16.2 Å². The highest BCUT2D eigenvalue weighted by Gasteiger charge is 2.36. The van der Waals surface area contributed by atoms with Gasteiger partial charge in [0.2, 0.25) is 0 Å². The molecular formula is C21H24N2O3. The lowest BCUT2D eigenvalue weighted by atomic mass is 9.95. The second kappa shape index (κ2) is 7.81. The van der Waals surface area contributed by atoms with Crippen LogP contribution in [0, 0.1) is 0 Å². The largest absolute Gasteiger partial charge is 0.463 e. The second-order valence-electron chi connectivity index (χ2n) is 6.73. The topological polar surface area (TPSA) is 95.4 Å². The predicted molar refractivity (Wildman–Crippen MR) is 101 cm³/mol. The van der Waals surface area contributed by atoms with Crippen LogP contribution in [0.4, 0.5) is 0 Å². The van der Waals surface area contributed by atoms with Gasteiger partial charge < -0.3 is 21.0 Å². The minimum Gasteiger partial charge on any atom is -0.463 e. The van der Waals surface area contributed by atoms with Crippen LogP contribution in [-0.4, -0.2) is 30.9 Å². The third-order valence-corrected chi connectivity index (χ3v) is 4.98. The summed E-state index contributed by atoms with van der Waals surface area (Å²) in [6.45, 7) is 0.663. The highest BCUT2D eigenvalue weighted by Crippen LogP contribution is 2.44. The van der Waals surface area contributed by atoms with Gasteiger partial charge in [0.15, 0.2) is 11.8 Å². The van der Waals surface area contributed by atoms with Crippen molar-refractivity contribution in [3.63, 3.8) is 0 Å². The molecule has 3 rings (SSSR count).